The van der Waals surface area contributed by atoms with Gasteiger partial charge in [-0.25, -0.2) is 0 Å². The molecule has 0 bridgehead atoms. The molecular weight excluding hydrogens is 318 g/mol. The van der Waals surface area contributed by atoms with Crippen LogP contribution in [0.15, 0.2) is 36.5 Å². The average molecular weight is 339 g/mol. The summed E-state index contributed by atoms with van der Waals surface area (Å²) in [5.74, 6) is 1.45. The van der Waals surface area contributed by atoms with Crippen LogP contribution in [-0.4, -0.2) is 23.7 Å². The molecule has 2 aliphatic rings. The average Bonchev–Trinajstić information content (AvgIpc) is 3.31. The number of pyridine rings is 1. The molecule has 2 N–H and O–H groups in total. The number of hydrogen-bond donors (Lipinski definition) is 2. The van der Waals surface area contributed by atoms with Crippen molar-refractivity contribution in [2.45, 2.75) is 38.3 Å². The molecule has 1 saturated carbocycles. The zero-order valence-corrected chi connectivity index (χ0v) is 14.0. The number of anilines is 1. The van der Waals surface area contributed by atoms with Crippen LogP contribution in [0, 0.1) is 0 Å². The third-order valence-electron chi connectivity index (χ3n) is 4.62. The Morgan fingerprint density at radius 1 is 1.12 bits per heavy atom. The van der Waals surface area contributed by atoms with E-state index in [-0.39, 0.29) is 12.7 Å². The van der Waals surface area contributed by atoms with Gasteiger partial charge in [-0.15, -0.1) is 0 Å². The van der Waals surface area contributed by atoms with Crippen LogP contribution in [0.2, 0.25) is 0 Å². The van der Waals surface area contributed by atoms with E-state index in [0.29, 0.717) is 18.3 Å². The molecule has 2 aromatic rings. The van der Waals surface area contributed by atoms with E-state index in [1.807, 2.05) is 24.3 Å². The second-order valence-electron chi connectivity index (χ2n) is 6.43. The summed E-state index contributed by atoms with van der Waals surface area (Å²) in [7, 11) is 0. The highest BCUT2D eigenvalue weighted by Gasteiger charge is 2.18. The Labute approximate surface area is 146 Å². The number of benzene rings is 1. The number of nitrogens with one attached hydrogen (secondary N) is 2. The van der Waals surface area contributed by atoms with Crippen molar-refractivity contribution in [3.63, 3.8) is 0 Å². The Morgan fingerprint density at radius 2 is 1.96 bits per heavy atom. The summed E-state index contributed by atoms with van der Waals surface area (Å²) in [5, 5.41) is 6.39. The van der Waals surface area contributed by atoms with Crippen molar-refractivity contribution < 1.29 is 14.3 Å². The van der Waals surface area contributed by atoms with Gasteiger partial charge in [-0.2, -0.15) is 0 Å². The summed E-state index contributed by atoms with van der Waals surface area (Å²) in [5.41, 5.74) is 2.39. The Morgan fingerprint density at radius 3 is 2.84 bits per heavy atom. The van der Waals surface area contributed by atoms with Crippen molar-refractivity contribution in [3.8, 4) is 11.5 Å². The Kier molecular flexibility index (Phi) is 4.41. The highest BCUT2D eigenvalue weighted by Crippen LogP contribution is 2.32. The van der Waals surface area contributed by atoms with Crippen LogP contribution in [0.4, 0.5) is 5.69 Å². The quantitative estimate of drug-likeness (QED) is 0.876. The fourth-order valence-electron chi connectivity index (χ4n) is 3.25. The summed E-state index contributed by atoms with van der Waals surface area (Å²) in [6.45, 7) is 0.903. The molecule has 0 saturated heterocycles. The van der Waals surface area contributed by atoms with E-state index in [9.17, 15) is 4.79 Å². The third kappa shape index (κ3) is 3.68. The van der Waals surface area contributed by atoms with Gasteiger partial charge >= 0.3 is 0 Å². The van der Waals surface area contributed by atoms with E-state index in [2.05, 4.69) is 15.6 Å². The molecular formula is C19H21N3O3. The molecule has 0 atom stereocenters. The zero-order chi connectivity index (χ0) is 17.1. The first-order chi connectivity index (χ1) is 12.3. The van der Waals surface area contributed by atoms with Gasteiger partial charge in [0, 0.05) is 24.5 Å². The first kappa shape index (κ1) is 15.7. The lowest BCUT2D eigenvalue weighted by molar-refractivity contribution is 0.0933. The normalized spacial score (nSPS) is 16.0. The molecule has 25 heavy (non-hydrogen) atoms. The summed E-state index contributed by atoms with van der Waals surface area (Å²) >= 11 is 0. The third-order valence-corrected chi connectivity index (χ3v) is 4.62. The molecule has 1 aliphatic carbocycles. The van der Waals surface area contributed by atoms with E-state index in [4.69, 9.17) is 9.47 Å². The van der Waals surface area contributed by atoms with Gasteiger partial charge in [0.15, 0.2) is 11.5 Å². The van der Waals surface area contributed by atoms with Crippen LogP contribution in [0.3, 0.4) is 0 Å². The molecule has 1 aliphatic heterocycles. The van der Waals surface area contributed by atoms with Crippen LogP contribution in [0.1, 0.15) is 41.7 Å². The van der Waals surface area contributed by atoms with Gasteiger partial charge in [0.25, 0.3) is 5.91 Å². The molecule has 6 nitrogen and oxygen atoms in total. The summed E-state index contributed by atoms with van der Waals surface area (Å²) in [6.07, 6.45) is 6.16. The van der Waals surface area contributed by atoms with E-state index in [1.54, 1.807) is 12.3 Å². The number of rotatable bonds is 5. The van der Waals surface area contributed by atoms with Crippen LogP contribution in [0.25, 0.3) is 0 Å². The second kappa shape index (κ2) is 7.01. The monoisotopic (exact) mass is 339 g/mol. The molecule has 1 fully saturated rings. The molecule has 1 aromatic heterocycles. The van der Waals surface area contributed by atoms with Gasteiger partial charge in [-0.1, -0.05) is 18.9 Å². The van der Waals surface area contributed by atoms with Gasteiger partial charge in [0.1, 0.15) is 5.69 Å². The van der Waals surface area contributed by atoms with Crippen molar-refractivity contribution in [3.05, 3.63) is 47.8 Å². The van der Waals surface area contributed by atoms with Crippen molar-refractivity contribution in [2.24, 2.45) is 0 Å². The predicted octanol–water partition coefficient (Wildman–Crippen LogP) is 3.09. The number of hydrogen-bond acceptors (Lipinski definition) is 5. The van der Waals surface area contributed by atoms with Crippen LogP contribution in [-0.2, 0) is 6.54 Å². The summed E-state index contributed by atoms with van der Waals surface area (Å²) < 4.78 is 10.7. The molecule has 0 unspecified atom stereocenters. The van der Waals surface area contributed by atoms with Gasteiger partial charge in [0.05, 0.1) is 0 Å². The SMILES string of the molecule is O=C(NC1CCCC1)c1cc(NCc2ccc3c(c2)OCO3)ccn1. The zero-order valence-electron chi connectivity index (χ0n) is 14.0. The Hall–Kier alpha value is -2.76. The van der Waals surface area contributed by atoms with Gasteiger partial charge in [-0.05, 0) is 42.7 Å². The maximum absolute atomic E-state index is 12.3. The summed E-state index contributed by atoms with van der Waals surface area (Å²) in [4.78, 5) is 16.5. The number of carbonyl (C=O) groups excluding carboxylic acids is 1. The number of fused-ring (bicyclic) bond motifs is 1. The maximum atomic E-state index is 12.3. The topological polar surface area (TPSA) is 72.5 Å². The maximum Gasteiger partial charge on any atom is 0.270 e. The number of carbonyl (C=O) groups is 1. The van der Waals surface area contributed by atoms with Crippen molar-refractivity contribution in [2.75, 3.05) is 12.1 Å². The second-order valence-corrected chi connectivity index (χ2v) is 6.43. The smallest absolute Gasteiger partial charge is 0.270 e. The van der Waals surface area contributed by atoms with E-state index < -0.39 is 0 Å². The molecule has 1 amide bonds. The van der Waals surface area contributed by atoms with Gasteiger partial charge in [-0.3, -0.25) is 9.78 Å². The Bertz CT molecular complexity index is 772. The van der Waals surface area contributed by atoms with E-state index >= 15 is 0 Å². The number of amides is 1. The first-order valence-corrected chi connectivity index (χ1v) is 8.67. The van der Waals surface area contributed by atoms with Crippen LogP contribution < -0.4 is 20.1 Å². The van der Waals surface area contributed by atoms with Crippen molar-refractivity contribution in [1.82, 2.24) is 10.3 Å². The fourth-order valence-corrected chi connectivity index (χ4v) is 3.25. The largest absolute Gasteiger partial charge is 0.454 e. The predicted molar refractivity (Wildman–Crippen MR) is 93.9 cm³/mol. The minimum absolute atomic E-state index is 0.0985. The highest BCUT2D eigenvalue weighted by atomic mass is 16.7. The number of aromatic nitrogens is 1. The van der Waals surface area contributed by atoms with E-state index in [1.165, 1.54) is 12.8 Å². The molecule has 2 heterocycles. The number of nitrogens with zero attached hydrogens (tertiary/aromatic N) is 1. The summed E-state index contributed by atoms with van der Waals surface area (Å²) in [6, 6.07) is 9.81. The minimum atomic E-state index is -0.0985. The minimum Gasteiger partial charge on any atom is -0.454 e. The molecule has 130 valence electrons. The van der Waals surface area contributed by atoms with Crippen LogP contribution in [0.5, 0.6) is 11.5 Å². The van der Waals surface area contributed by atoms with Crippen molar-refractivity contribution >= 4 is 11.6 Å². The van der Waals surface area contributed by atoms with Crippen molar-refractivity contribution in [1.29, 1.82) is 0 Å². The lowest BCUT2D eigenvalue weighted by atomic mass is 10.2. The molecule has 0 spiro atoms. The van der Waals surface area contributed by atoms with Gasteiger partial charge in [0.2, 0.25) is 6.79 Å². The fraction of sp³-hybridized carbons (Fsp3) is 0.368. The van der Waals surface area contributed by atoms with Crippen LogP contribution >= 0.6 is 0 Å². The highest BCUT2D eigenvalue weighted by molar-refractivity contribution is 5.93. The Balaban J connectivity index is 1.38. The lowest BCUT2D eigenvalue weighted by Crippen LogP contribution is -2.33. The molecule has 4 rings (SSSR count). The standard InChI is InChI=1S/C19H21N3O3/c23-19(22-14-3-1-2-4-14)16-10-15(7-8-20-16)21-11-13-5-6-17-18(9-13)25-12-24-17/h5-10,14H,1-4,11-12H2,(H,20,21)(H,22,23). The number of ether oxygens (including phenoxy) is 2. The molecule has 1 aromatic carbocycles. The first-order valence-electron chi connectivity index (χ1n) is 8.67. The molecule has 0 radical (unpaired) electrons. The van der Waals surface area contributed by atoms with E-state index in [0.717, 1.165) is 35.6 Å². The lowest BCUT2D eigenvalue weighted by Gasteiger charge is -2.12. The van der Waals surface area contributed by atoms with Gasteiger partial charge < -0.3 is 20.1 Å². The molecule has 6 heteroatoms.